The van der Waals surface area contributed by atoms with Gasteiger partial charge in [0.1, 0.15) is 0 Å². The van der Waals surface area contributed by atoms with Crippen LogP contribution in [-0.4, -0.2) is 43.8 Å². The average Bonchev–Trinajstić information content (AvgIpc) is 2.97. The second kappa shape index (κ2) is 7.75. The average molecular weight is 298 g/mol. The highest BCUT2D eigenvalue weighted by molar-refractivity contribution is 6.34. The fourth-order valence-electron chi connectivity index (χ4n) is 3.38. The molecule has 0 radical (unpaired) electrons. The molecule has 0 aromatic carbocycles. The molecule has 2 aliphatic carbocycles. The Hall–Kier alpha value is -1.14. The van der Waals surface area contributed by atoms with Gasteiger partial charge in [0.25, 0.3) is 0 Å². The second-order valence-electron chi connectivity index (χ2n) is 6.11. The highest BCUT2D eigenvalue weighted by atomic mass is 16.5. The van der Waals surface area contributed by atoms with Crippen molar-refractivity contribution in [2.75, 3.05) is 13.7 Å². The van der Waals surface area contributed by atoms with E-state index in [1.54, 1.807) is 7.11 Å². The first-order valence-corrected chi connectivity index (χ1v) is 7.86. The predicted octanol–water partition coefficient (Wildman–Crippen LogP) is 0.731. The summed E-state index contributed by atoms with van der Waals surface area (Å²) >= 11 is 0. The number of ether oxygens (including phenoxy) is 2. The van der Waals surface area contributed by atoms with Gasteiger partial charge in [-0.15, -0.1) is 0 Å². The minimum Gasteiger partial charge on any atom is -0.379 e. The van der Waals surface area contributed by atoms with Crippen molar-refractivity contribution in [3.05, 3.63) is 0 Å². The number of amides is 2. The quantitative estimate of drug-likeness (QED) is 0.732. The predicted molar refractivity (Wildman–Crippen MR) is 77.5 cm³/mol. The third-order valence-electron chi connectivity index (χ3n) is 4.59. The van der Waals surface area contributed by atoms with Gasteiger partial charge in [-0.05, 0) is 38.0 Å². The van der Waals surface area contributed by atoms with Crippen LogP contribution in [0.4, 0.5) is 0 Å². The molecule has 6 heteroatoms. The topological polar surface area (TPSA) is 90.6 Å². The normalized spacial score (nSPS) is 30.2. The monoisotopic (exact) mass is 298 g/mol. The number of rotatable bonds is 5. The van der Waals surface area contributed by atoms with E-state index in [0.717, 1.165) is 32.1 Å². The maximum absolute atomic E-state index is 11.2. The van der Waals surface area contributed by atoms with Crippen molar-refractivity contribution in [1.29, 1.82) is 0 Å². The molecule has 0 aromatic rings. The minimum absolute atomic E-state index is 0.0855. The number of carbonyl (C=O) groups is 2. The highest BCUT2D eigenvalue weighted by Crippen LogP contribution is 2.32. The summed E-state index contributed by atoms with van der Waals surface area (Å²) < 4.78 is 11.8. The van der Waals surface area contributed by atoms with Gasteiger partial charge in [0.05, 0.1) is 18.3 Å². The first-order valence-electron chi connectivity index (χ1n) is 7.86. The van der Waals surface area contributed by atoms with Crippen LogP contribution in [0, 0.1) is 5.92 Å². The van der Waals surface area contributed by atoms with Gasteiger partial charge in [0.2, 0.25) is 0 Å². The van der Waals surface area contributed by atoms with Crippen LogP contribution in [0.3, 0.4) is 0 Å². The van der Waals surface area contributed by atoms with Crippen molar-refractivity contribution in [2.45, 2.75) is 63.3 Å². The summed E-state index contributed by atoms with van der Waals surface area (Å²) in [5.41, 5.74) is 4.94. The van der Waals surface area contributed by atoms with Gasteiger partial charge < -0.3 is 20.5 Å². The Kier molecular flexibility index (Phi) is 5.99. The molecule has 6 nitrogen and oxygen atoms in total. The van der Waals surface area contributed by atoms with Crippen LogP contribution < -0.4 is 11.1 Å². The van der Waals surface area contributed by atoms with E-state index in [2.05, 4.69) is 5.32 Å². The van der Waals surface area contributed by atoms with Crippen LogP contribution in [0.15, 0.2) is 0 Å². The maximum atomic E-state index is 11.2. The van der Waals surface area contributed by atoms with Gasteiger partial charge in [-0.2, -0.15) is 0 Å². The Bertz CT molecular complexity index is 369. The molecule has 0 spiro atoms. The zero-order valence-electron chi connectivity index (χ0n) is 12.7. The van der Waals surface area contributed by atoms with Crippen molar-refractivity contribution in [1.82, 2.24) is 5.32 Å². The van der Waals surface area contributed by atoms with Crippen LogP contribution in [0.2, 0.25) is 0 Å². The Morgan fingerprint density at radius 3 is 2.48 bits per heavy atom. The second-order valence-corrected chi connectivity index (χ2v) is 6.11. The van der Waals surface area contributed by atoms with Gasteiger partial charge in [0.15, 0.2) is 0 Å². The number of nitrogens with one attached hydrogen (secondary N) is 1. The number of hydrogen-bond donors (Lipinski definition) is 2. The molecule has 2 rings (SSSR count). The van der Waals surface area contributed by atoms with Crippen LogP contribution in [0.1, 0.15) is 44.9 Å². The van der Waals surface area contributed by atoms with Crippen molar-refractivity contribution >= 4 is 11.8 Å². The smallest absolute Gasteiger partial charge is 0.309 e. The minimum atomic E-state index is -0.931. The molecule has 3 unspecified atom stereocenters. The molecule has 120 valence electrons. The maximum Gasteiger partial charge on any atom is 0.309 e. The zero-order valence-corrected chi connectivity index (χ0v) is 12.7. The highest BCUT2D eigenvalue weighted by Gasteiger charge is 2.33. The Balaban J connectivity index is 1.82. The molecule has 2 saturated carbocycles. The summed E-state index contributed by atoms with van der Waals surface area (Å²) in [5, 5.41) is 2.59. The Morgan fingerprint density at radius 2 is 1.86 bits per heavy atom. The SMILES string of the molecule is COC1CCC(CNC(=O)C(N)=O)CC1OC1CCCC1. The molecule has 0 aromatic heterocycles. The van der Waals surface area contributed by atoms with Gasteiger partial charge in [-0.25, -0.2) is 0 Å². The van der Waals surface area contributed by atoms with Gasteiger partial charge >= 0.3 is 11.8 Å². The molecule has 0 aliphatic heterocycles. The van der Waals surface area contributed by atoms with Crippen molar-refractivity contribution in [3.63, 3.8) is 0 Å². The number of carbonyl (C=O) groups excluding carboxylic acids is 2. The molecular formula is C15H26N2O4. The van der Waals surface area contributed by atoms with E-state index in [4.69, 9.17) is 15.2 Å². The lowest BCUT2D eigenvalue weighted by Crippen LogP contribution is -2.44. The van der Waals surface area contributed by atoms with Crippen molar-refractivity contribution in [3.8, 4) is 0 Å². The first kappa shape index (κ1) is 16.2. The lowest BCUT2D eigenvalue weighted by atomic mass is 9.85. The van der Waals surface area contributed by atoms with E-state index in [1.165, 1.54) is 12.8 Å². The Morgan fingerprint density at radius 1 is 1.14 bits per heavy atom. The van der Waals surface area contributed by atoms with E-state index >= 15 is 0 Å². The molecule has 2 amide bonds. The molecule has 0 bridgehead atoms. The Labute approximate surface area is 125 Å². The summed E-state index contributed by atoms with van der Waals surface area (Å²) in [5.74, 6) is -1.33. The number of primary amides is 1. The van der Waals surface area contributed by atoms with Gasteiger partial charge in [-0.3, -0.25) is 9.59 Å². The summed E-state index contributed by atoms with van der Waals surface area (Å²) in [6.07, 6.45) is 8.07. The largest absolute Gasteiger partial charge is 0.379 e. The lowest BCUT2D eigenvalue weighted by Gasteiger charge is -2.36. The zero-order chi connectivity index (χ0) is 15.2. The van der Waals surface area contributed by atoms with E-state index in [9.17, 15) is 9.59 Å². The number of nitrogens with two attached hydrogens (primary N) is 1. The van der Waals surface area contributed by atoms with E-state index < -0.39 is 11.8 Å². The first-order chi connectivity index (χ1) is 10.1. The summed E-state index contributed by atoms with van der Waals surface area (Å²) in [6.45, 7) is 0.475. The fourth-order valence-corrected chi connectivity index (χ4v) is 3.38. The van der Waals surface area contributed by atoms with Gasteiger partial charge in [-0.1, -0.05) is 12.8 Å². The van der Waals surface area contributed by atoms with Crippen molar-refractivity contribution in [2.24, 2.45) is 11.7 Å². The number of methoxy groups -OCH3 is 1. The third-order valence-corrected chi connectivity index (χ3v) is 4.59. The van der Waals surface area contributed by atoms with Crippen molar-refractivity contribution < 1.29 is 19.1 Å². The van der Waals surface area contributed by atoms with E-state index in [-0.39, 0.29) is 12.2 Å². The summed E-state index contributed by atoms with van der Waals surface area (Å²) in [7, 11) is 1.73. The molecule has 0 saturated heterocycles. The molecule has 0 heterocycles. The number of hydrogen-bond acceptors (Lipinski definition) is 4. The molecule has 2 fully saturated rings. The third kappa shape index (κ3) is 4.68. The standard InChI is InChI=1S/C15H26N2O4/c1-20-12-7-6-10(9-17-15(19)14(16)18)8-13(12)21-11-4-2-3-5-11/h10-13H,2-9H2,1H3,(H2,16,18)(H,17,19). The van der Waals surface area contributed by atoms with E-state index in [0.29, 0.717) is 18.6 Å². The fraction of sp³-hybridized carbons (Fsp3) is 0.867. The summed E-state index contributed by atoms with van der Waals surface area (Å²) in [4.78, 5) is 22.0. The lowest BCUT2D eigenvalue weighted by molar-refractivity contribution is -0.137. The van der Waals surface area contributed by atoms with Crippen LogP contribution in [-0.2, 0) is 19.1 Å². The molecule has 2 aliphatic rings. The molecule has 3 N–H and O–H groups in total. The molecular weight excluding hydrogens is 272 g/mol. The van der Waals surface area contributed by atoms with Crippen LogP contribution >= 0.6 is 0 Å². The van der Waals surface area contributed by atoms with Gasteiger partial charge in [0, 0.05) is 13.7 Å². The molecule has 21 heavy (non-hydrogen) atoms. The van der Waals surface area contributed by atoms with Crippen LogP contribution in [0.5, 0.6) is 0 Å². The van der Waals surface area contributed by atoms with Crippen LogP contribution in [0.25, 0.3) is 0 Å². The van der Waals surface area contributed by atoms with E-state index in [1.807, 2.05) is 0 Å². The molecule has 3 atom stereocenters. The summed E-state index contributed by atoms with van der Waals surface area (Å²) in [6, 6.07) is 0.